The number of benzene rings is 1. The van der Waals surface area contributed by atoms with Crippen molar-refractivity contribution in [1.82, 2.24) is 5.32 Å². The smallest absolute Gasteiger partial charge is 0.162 e. The monoisotopic (exact) mass is 410 g/mol. The number of ether oxygens (including phenoxy) is 1. The highest BCUT2D eigenvalue weighted by molar-refractivity contribution is 9.10. The Morgan fingerprint density at radius 1 is 1.38 bits per heavy atom. The van der Waals surface area contributed by atoms with Gasteiger partial charge in [-0.2, -0.15) is 0 Å². The van der Waals surface area contributed by atoms with Gasteiger partial charge in [-0.25, -0.2) is 4.39 Å². The van der Waals surface area contributed by atoms with E-state index in [1.165, 1.54) is 0 Å². The molecule has 1 atom stereocenters. The molecule has 0 saturated heterocycles. The zero-order valence-electron chi connectivity index (χ0n) is 13.8. The predicted molar refractivity (Wildman–Crippen MR) is 100 cm³/mol. The highest BCUT2D eigenvalue weighted by atomic mass is 79.9. The normalized spacial score (nSPS) is 34.6. The molecular weight excluding hydrogens is 391 g/mol. The second-order valence-corrected chi connectivity index (χ2v) is 8.44. The molecule has 0 bridgehead atoms. The topological polar surface area (TPSA) is 33.6 Å². The molecule has 24 heavy (non-hydrogen) atoms. The van der Waals surface area contributed by atoms with Crippen LogP contribution in [-0.4, -0.2) is 23.9 Å². The van der Waals surface area contributed by atoms with Crippen LogP contribution in [0.15, 0.2) is 21.6 Å². The number of hydrogen-bond donors (Lipinski definition) is 1. The summed E-state index contributed by atoms with van der Waals surface area (Å²) in [5, 5.41) is 3.52. The van der Waals surface area contributed by atoms with Crippen molar-refractivity contribution in [2.24, 2.45) is 10.4 Å². The minimum atomic E-state index is -0.557. The maximum atomic E-state index is 14.1. The van der Waals surface area contributed by atoms with Crippen LogP contribution in [0.1, 0.15) is 43.7 Å². The average molecular weight is 411 g/mol. The predicted octanol–water partition coefficient (Wildman–Crippen LogP) is 4.26. The molecule has 1 unspecified atom stereocenters. The summed E-state index contributed by atoms with van der Waals surface area (Å²) in [7, 11) is 1.78. The largest absolute Gasteiger partial charge is 0.381 e. The molecule has 1 aromatic rings. The number of thiocarbonyl (C=S) groups is 1. The summed E-state index contributed by atoms with van der Waals surface area (Å²) >= 11 is 8.82. The number of fused-ring (bicyclic) bond motifs is 3. The van der Waals surface area contributed by atoms with Gasteiger partial charge in [0.25, 0.3) is 0 Å². The van der Waals surface area contributed by atoms with E-state index in [0.29, 0.717) is 15.6 Å². The highest BCUT2D eigenvalue weighted by Gasteiger charge is 2.61. The summed E-state index contributed by atoms with van der Waals surface area (Å²) in [4.78, 5) is 5.73. The lowest BCUT2D eigenvalue weighted by Crippen LogP contribution is -2.52. The Kier molecular flexibility index (Phi) is 3.86. The first-order valence-corrected chi connectivity index (χ1v) is 9.51. The van der Waals surface area contributed by atoms with E-state index >= 15 is 0 Å². The lowest BCUT2D eigenvalue weighted by Gasteiger charge is -2.46. The number of nitrogens with zero attached hydrogens (tertiary/aromatic N) is 1. The molecule has 1 fully saturated rings. The molecule has 1 aromatic carbocycles. The first kappa shape index (κ1) is 16.6. The molecule has 2 aliphatic carbocycles. The quantitative estimate of drug-likeness (QED) is 0.701. The fourth-order valence-corrected chi connectivity index (χ4v) is 5.27. The third-order valence-corrected chi connectivity index (χ3v) is 7.02. The summed E-state index contributed by atoms with van der Waals surface area (Å²) in [6.07, 6.45) is 5.11. The standard InChI is InChI=1S/C18H20BrFN2OS/c1-10-16(24)22-18(21-10)13-8-14(19)15(20)7-11(13)9-17(18)5-3-12(23-2)4-6-17/h7-8,12H,3-6,9H2,1-2H3,(H,22,24). The number of hydrogen-bond acceptors (Lipinski definition) is 3. The zero-order valence-corrected chi connectivity index (χ0v) is 16.2. The average Bonchev–Trinajstić information content (AvgIpc) is 2.98. The highest BCUT2D eigenvalue weighted by Crippen LogP contribution is 2.60. The fourth-order valence-electron chi connectivity index (χ4n) is 4.73. The Bertz CT molecular complexity index is 758. The molecule has 0 aromatic heterocycles. The molecule has 1 aliphatic heterocycles. The van der Waals surface area contributed by atoms with Crippen LogP contribution >= 0.6 is 28.1 Å². The SMILES string of the molecule is COC1CCC2(CC1)Cc1cc(F)c(Br)cc1C21N=C(C)C(=S)N1. The molecule has 128 valence electrons. The molecule has 3 aliphatic rings. The van der Waals surface area contributed by atoms with Crippen LogP contribution < -0.4 is 5.32 Å². The summed E-state index contributed by atoms with van der Waals surface area (Å²) in [5.41, 5.74) is 2.34. The number of nitrogens with one attached hydrogen (secondary N) is 1. The lowest BCUT2D eigenvalue weighted by molar-refractivity contribution is -0.00614. The maximum absolute atomic E-state index is 14.1. The summed E-state index contributed by atoms with van der Waals surface area (Å²) in [6.45, 7) is 1.95. The van der Waals surface area contributed by atoms with Crippen molar-refractivity contribution < 1.29 is 9.13 Å². The fraction of sp³-hybridized carbons (Fsp3) is 0.556. The van der Waals surface area contributed by atoms with Gasteiger partial charge in [0.05, 0.1) is 16.3 Å². The van der Waals surface area contributed by atoms with Crippen molar-refractivity contribution in [3.63, 3.8) is 0 Å². The van der Waals surface area contributed by atoms with E-state index in [-0.39, 0.29) is 11.2 Å². The number of rotatable bonds is 1. The van der Waals surface area contributed by atoms with Crippen LogP contribution in [0.3, 0.4) is 0 Å². The van der Waals surface area contributed by atoms with Crippen molar-refractivity contribution in [2.75, 3.05) is 7.11 Å². The third kappa shape index (κ3) is 2.15. The Morgan fingerprint density at radius 2 is 2.08 bits per heavy atom. The van der Waals surface area contributed by atoms with Crippen LogP contribution in [0.2, 0.25) is 0 Å². The number of halogens is 2. The molecule has 3 nitrogen and oxygen atoms in total. The van der Waals surface area contributed by atoms with Crippen molar-refractivity contribution >= 4 is 38.8 Å². The minimum absolute atomic E-state index is 0.0700. The molecule has 0 radical (unpaired) electrons. The van der Waals surface area contributed by atoms with Crippen LogP contribution in [0, 0.1) is 11.2 Å². The van der Waals surface area contributed by atoms with Crippen LogP contribution in [0.4, 0.5) is 4.39 Å². The Hall–Kier alpha value is -0.850. The van der Waals surface area contributed by atoms with E-state index < -0.39 is 5.66 Å². The molecular formula is C18H20BrFN2OS. The van der Waals surface area contributed by atoms with Gasteiger partial charge in [0.1, 0.15) is 10.8 Å². The second-order valence-electron chi connectivity index (χ2n) is 7.18. The Labute approximate surface area is 155 Å². The molecule has 4 rings (SSSR count). The molecule has 1 N–H and O–H groups in total. The second kappa shape index (κ2) is 5.58. The first-order valence-electron chi connectivity index (χ1n) is 8.31. The first-order chi connectivity index (χ1) is 11.4. The summed E-state index contributed by atoms with van der Waals surface area (Å²) < 4.78 is 20.2. The van der Waals surface area contributed by atoms with E-state index in [9.17, 15) is 4.39 Å². The van der Waals surface area contributed by atoms with E-state index in [1.54, 1.807) is 13.2 Å². The Morgan fingerprint density at radius 3 is 2.67 bits per heavy atom. The maximum Gasteiger partial charge on any atom is 0.162 e. The Balaban J connectivity index is 1.86. The van der Waals surface area contributed by atoms with Gasteiger partial charge in [-0.3, -0.25) is 4.99 Å². The molecule has 1 heterocycles. The lowest BCUT2D eigenvalue weighted by atomic mass is 9.65. The van der Waals surface area contributed by atoms with Crippen LogP contribution in [0.5, 0.6) is 0 Å². The zero-order chi connectivity index (χ0) is 17.1. The van der Waals surface area contributed by atoms with E-state index in [0.717, 1.165) is 48.9 Å². The van der Waals surface area contributed by atoms with Crippen molar-refractivity contribution in [3.05, 3.63) is 33.5 Å². The third-order valence-electron chi connectivity index (χ3n) is 6.01. The van der Waals surface area contributed by atoms with Crippen molar-refractivity contribution in [2.45, 2.75) is 50.8 Å². The van der Waals surface area contributed by atoms with Crippen LogP contribution in [-0.2, 0) is 16.8 Å². The van der Waals surface area contributed by atoms with Gasteiger partial charge in [0, 0.05) is 18.1 Å². The summed E-state index contributed by atoms with van der Waals surface area (Å²) in [6, 6.07) is 3.55. The minimum Gasteiger partial charge on any atom is -0.381 e. The molecule has 0 amide bonds. The van der Waals surface area contributed by atoms with Gasteiger partial charge in [-0.05, 0) is 72.7 Å². The van der Waals surface area contributed by atoms with Crippen molar-refractivity contribution in [1.29, 1.82) is 0 Å². The summed E-state index contributed by atoms with van der Waals surface area (Å²) in [5.74, 6) is -0.215. The molecule has 1 saturated carbocycles. The number of aliphatic imine (C=N–C) groups is 1. The van der Waals surface area contributed by atoms with Crippen LogP contribution in [0.25, 0.3) is 0 Å². The van der Waals surface area contributed by atoms with Crippen molar-refractivity contribution in [3.8, 4) is 0 Å². The van der Waals surface area contributed by atoms with Gasteiger partial charge in [0.15, 0.2) is 5.66 Å². The van der Waals surface area contributed by atoms with Gasteiger partial charge >= 0.3 is 0 Å². The van der Waals surface area contributed by atoms with E-state index in [2.05, 4.69) is 21.2 Å². The van der Waals surface area contributed by atoms with E-state index in [4.69, 9.17) is 21.9 Å². The van der Waals surface area contributed by atoms with Gasteiger partial charge < -0.3 is 10.1 Å². The molecule has 6 heteroatoms. The van der Waals surface area contributed by atoms with Gasteiger partial charge in [0.2, 0.25) is 0 Å². The van der Waals surface area contributed by atoms with Gasteiger partial charge in [-0.1, -0.05) is 12.2 Å². The molecule has 2 spiro atoms. The van der Waals surface area contributed by atoms with Gasteiger partial charge in [-0.15, -0.1) is 0 Å². The van der Waals surface area contributed by atoms with E-state index in [1.807, 2.05) is 13.0 Å². The number of methoxy groups -OCH3 is 1.